The summed E-state index contributed by atoms with van der Waals surface area (Å²) in [6.45, 7) is 8.84. The second-order valence-corrected chi connectivity index (χ2v) is 10.6. The number of sulfone groups is 1. The lowest BCUT2D eigenvalue weighted by Crippen LogP contribution is -2.22. The zero-order valence-electron chi connectivity index (χ0n) is 16.7. The molecule has 1 heterocycles. The van der Waals surface area contributed by atoms with Crippen LogP contribution >= 0.6 is 0 Å². The molecule has 6 nitrogen and oxygen atoms in total. The zero-order valence-corrected chi connectivity index (χ0v) is 17.5. The molecule has 1 aliphatic rings. The van der Waals surface area contributed by atoms with Crippen molar-refractivity contribution in [1.82, 2.24) is 9.55 Å². The van der Waals surface area contributed by atoms with Crippen LogP contribution < -0.4 is 0 Å². The Bertz CT molecular complexity index is 966. The average Bonchev–Trinajstić information content (AvgIpc) is 3.32. The summed E-state index contributed by atoms with van der Waals surface area (Å²) < 4.78 is 32.4. The lowest BCUT2D eigenvalue weighted by Gasteiger charge is -2.20. The molecule has 0 saturated heterocycles. The van der Waals surface area contributed by atoms with Gasteiger partial charge in [-0.15, -0.1) is 0 Å². The molecule has 0 N–H and O–H groups in total. The van der Waals surface area contributed by atoms with Gasteiger partial charge in [0, 0.05) is 12.0 Å². The first-order valence-corrected chi connectivity index (χ1v) is 11.0. The van der Waals surface area contributed by atoms with E-state index in [-0.39, 0.29) is 16.1 Å². The minimum Gasteiger partial charge on any atom is -0.469 e. The van der Waals surface area contributed by atoms with Gasteiger partial charge < -0.3 is 9.30 Å². The quantitative estimate of drug-likeness (QED) is 0.705. The number of imidazole rings is 1. The number of fused-ring (bicyclic) bond motifs is 1. The Labute approximate surface area is 160 Å². The van der Waals surface area contributed by atoms with E-state index in [1.165, 1.54) is 20.0 Å². The highest BCUT2D eigenvalue weighted by atomic mass is 32.2. The molecule has 1 atom stereocenters. The third kappa shape index (κ3) is 4.18. The average molecular weight is 393 g/mol. The largest absolute Gasteiger partial charge is 0.469 e. The zero-order chi connectivity index (χ0) is 20.0. The van der Waals surface area contributed by atoms with Gasteiger partial charge in [0.05, 0.1) is 34.7 Å². The molecule has 1 unspecified atom stereocenters. The lowest BCUT2D eigenvalue weighted by atomic mass is 9.95. The molecule has 27 heavy (non-hydrogen) atoms. The number of rotatable bonds is 6. The molecule has 0 spiro atoms. The van der Waals surface area contributed by atoms with E-state index in [1.807, 2.05) is 6.07 Å². The molecule has 1 saturated carbocycles. The predicted molar refractivity (Wildman–Crippen MR) is 104 cm³/mol. The number of nitrogens with zero attached hydrogens (tertiary/aromatic N) is 2. The van der Waals surface area contributed by atoms with Crippen LogP contribution in [-0.2, 0) is 31.3 Å². The molecule has 0 bridgehead atoms. The van der Waals surface area contributed by atoms with E-state index in [1.54, 1.807) is 19.1 Å². The molecule has 1 fully saturated rings. The topological polar surface area (TPSA) is 78.3 Å². The monoisotopic (exact) mass is 392 g/mol. The first kappa shape index (κ1) is 19.9. The number of benzene rings is 1. The van der Waals surface area contributed by atoms with Crippen LogP contribution in [0.25, 0.3) is 11.0 Å². The van der Waals surface area contributed by atoms with E-state index in [9.17, 15) is 13.2 Å². The van der Waals surface area contributed by atoms with E-state index >= 15 is 0 Å². The summed E-state index contributed by atoms with van der Waals surface area (Å²) in [5, 5.41) is 0. The van der Waals surface area contributed by atoms with Crippen LogP contribution in [0.5, 0.6) is 0 Å². The Kier molecular flexibility index (Phi) is 5.10. The summed E-state index contributed by atoms with van der Waals surface area (Å²) in [5.41, 5.74) is 1.52. The fourth-order valence-electron chi connectivity index (χ4n) is 3.31. The van der Waals surface area contributed by atoms with E-state index in [2.05, 4.69) is 30.1 Å². The van der Waals surface area contributed by atoms with Gasteiger partial charge in [0.2, 0.25) is 0 Å². The number of methoxy groups -OCH3 is 1. The smallest absolute Gasteiger partial charge is 0.309 e. The van der Waals surface area contributed by atoms with Gasteiger partial charge in [-0.2, -0.15) is 0 Å². The maximum absolute atomic E-state index is 12.7. The minimum absolute atomic E-state index is 0.133. The van der Waals surface area contributed by atoms with Crippen LogP contribution in [0.1, 0.15) is 46.4 Å². The number of hydrogen-bond acceptors (Lipinski definition) is 5. The normalized spacial score (nSPS) is 16.5. The molecule has 148 valence electrons. The van der Waals surface area contributed by atoms with Crippen molar-refractivity contribution in [2.24, 2.45) is 11.8 Å². The summed E-state index contributed by atoms with van der Waals surface area (Å²) >= 11 is 0. The van der Waals surface area contributed by atoms with Crippen molar-refractivity contribution in [2.75, 3.05) is 12.9 Å². The Morgan fingerprint density at radius 3 is 2.56 bits per heavy atom. The fraction of sp³-hybridized carbons (Fsp3) is 0.600. The van der Waals surface area contributed by atoms with Crippen LogP contribution in [0, 0.1) is 11.8 Å². The molecule has 0 amide bonds. The molecular weight excluding hydrogens is 364 g/mol. The van der Waals surface area contributed by atoms with Crippen molar-refractivity contribution in [3.63, 3.8) is 0 Å². The van der Waals surface area contributed by atoms with Crippen molar-refractivity contribution in [1.29, 1.82) is 0 Å². The Hall–Kier alpha value is -1.89. The van der Waals surface area contributed by atoms with E-state index in [0.29, 0.717) is 11.4 Å². The molecule has 1 aromatic carbocycles. The summed E-state index contributed by atoms with van der Waals surface area (Å²) in [6.07, 6.45) is 2.47. The maximum atomic E-state index is 12.7. The SMILES string of the molecule is COC(=O)C(C)CS(=O)(=O)c1ccc2c(c1)nc(C(C)(C)C)n2CC1CC1. The molecule has 7 heteroatoms. The minimum atomic E-state index is -3.61. The Morgan fingerprint density at radius 1 is 1.33 bits per heavy atom. The van der Waals surface area contributed by atoms with Gasteiger partial charge in [0.1, 0.15) is 5.82 Å². The molecule has 1 aromatic heterocycles. The Balaban J connectivity index is 2.01. The summed E-state index contributed by atoms with van der Waals surface area (Å²) in [5.74, 6) is 0.145. The van der Waals surface area contributed by atoms with Crippen LogP contribution in [-0.4, -0.2) is 36.8 Å². The number of esters is 1. The highest BCUT2D eigenvalue weighted by Gasteiger charge is 2.29. The van der Waals surface area contributed by atoms with Gasteiger partial charge in [0.25, 0.3) is 0 Å². The number of carbonyl (C=O) groups excluding carboxylic acids is 1. The van der Waals surface area contributed by atoms with Crippen molar-refractivity contribution in [3.8, 4) is 0 Å². The van der Waals surface area contributed by atoms with Crippen molar-refractivity contribution >= 4 is 26.8 Å². The van der Waals surface area contributed by atoms with Gasteiger partial charge in [-0.3, -0.25) is 4.79 Å². The van der Waals surface area contributed by atoms with Gasteiger partial charge in [0.15, 0.2) is 9.84 Å². The summed E-state index contributed by atoms with van der Waals surface area (Å²) in [7, 11) is -2.34. The van der Waals surface area contributed by atoms with Gasteiger partial charge in [-0.1, -0.05) is 27.7 Å². The van der Waals surface area contributed by atoms with Gasteiger partial charge in [-0.05, 0) is 37.0 Å². The first-order chi connectivity index (χ1) is 12.5. The van der Waals surface area contributed by atoms with E-state index in [4.69, 9.17) is 4.98 Å². The highest BCUT2D eigenvalue weighted by molar-refractivity contribution is 7.91. The first-order valence-electron chi connectivity index (χ1n) is 9.34. The van der Waals surface area contributed by atoms with Crippen LogP contribution in [0.3, 0.4) is 0 Å². The number of carbonyl (C=O) groups is 1. The molecule has 1 aliphatic carbocycles. The molecule has 3 rings (SSSR count). The predicted octanol–water partition coefficient (Wildman–Crippen LogP) is 3.33. The number of hydrogen-bond donors (Lipinski definition) is 0. The van der Waals surface area contributed by atoms with Crippen LogP contribution in [0.2, 0.25) is 0 Å². The second-order valence-electron chi connectivity index (χ2n) is 8.60. The third-order valence-electron chi connectivity index (χ3n) is 4.96. The summed E-state index contributed by atoms with van der Waals surface area (Å²) in [4.78, 5) is 16.6. The third-order valence-corrected chi connectivity index (χ3v) is 6.87. The molecular formula is C20H28N2O4S. The van der Waals surface area contributed by atoms with E-state index < -0.39 is 21.7 Å². The van der Waals surface area contributed by atoms with Crippen molar-refractivity contribution in [3.05, 3.63) is 24.0 Å². The van der Waals surface area contributed by atoms with Crippen molar-refractivity contribution < 1.29 is 17.9 Å². The van der Waals surface area contributed by atoms with Crippen molar-refractivity contribution in [2.45, 2.75) is 57.4 Å². The molecule has 0 radical (unpaired) electrons. The van der Waals surface area contributed by atoms with E-state index in [0.717, 1.165) is 17.9 Å². The Morgan fingerprint density at radius 2 is 2.00 bits per heavy atom. The molecule has 2 aromatic rings. The maximum Gasteiger partial charge on any atom is 0.309 e. The molecule has 0 aliphatic heterocycles. The highest BCUT2D eigenvalue weighted by Crippen LogP contribution is 2.35. The number of ether oxygens (including phenoxy) is 1. The standard InChI is InChI=1S/C20H28N2O4S/c1-13(18(23)26-5)12-27(24,25)15-8-9-17-16(10-15)21-19(20(2,3)4)22(17)11-14-6-7-14/h8-10,13-14H,6-7,11-12H2,1-5H3. The summed E-state index contributed by atoms with van der Waals surface area (Å²) in [6, 6.07) is 5.10. The fourth-order valence-corrected chi connectivity index (χ4v) is 4.87. The van der Waals surface area contributed by atoms with Crippen LogP contribution in [0.15, 0.2) is 23.1 Å². The van der Waals surface area contributed by atoms with Crippen LogP contribution in [0.4, 0.5) is 0 Å². The van der Waals surface area contributed by atoms with Gasteiger partial charge in [-0.25, -0.2) is 13.4 Å². The number of aromatic nitrogens is 2. The second kappa shape index (κ2) is 6.93. The lowest BCUT2D eigenvalue weighted by molar-refractivity contribution is -0.144. The van der Waals surface area contributed by atoms with Gasteiger partial charge >= 0.3 is 5.97 Å².